The van der Waals surface area contributed by atoms with Gasteiger partial charge in [-0.15, -0.1) is 11.3 Å². The predicted octanol–water partition coefficient (Wildman–Crippen LogP) is 3.66. The fraction of sp³-hybridized carbons (Fsp3) is 0.158. The third-order valence-electron chi connectivity index (χ3n) is 3.58. The SMILES string of the molecule is NCC[C@@H](Oc1ccc(F)c2ccsc12)c1ccccc1.O=C(O)C(=O)O. The number of ether oxygens (including phenoxy) is 1. The highest BCUT2D eigenvalue weighted by atomic mass is 32.1. The third kappa shape index (κ3) is 5.50. The molecule has 1 heterocycles. The smallest absolute Gasteiger partial charge is 0.414 e. The largest absolute Gasteiger partial charge is 0.484 e. The monoisotopic (exact) mass is 391 g/mol. The van der Waals surface area contributed by atoms with E-state index >= 15 is 0 Å². The van der Waals surface area contributed by atoms with Crippen molar-refractivity contribution in [1.82, 2.24) is 0 Å². The van der Waals surface area contributed by atoms with Crippen LogP contribution < -0.4 is 10.5 Å². The van der Waals surface area contributed by atoms with Crippen molar-refractivity contribution in [2.75, 3.05) is 6.54 Å². The van der Waals surface area contributed by atoms with Gasteiger partial charge in [0.2, 0.25) is 0 Å². The highest BCUT2D eigenvalue weighted by Crippen LogP contribution is 2.35. The lowest BCUT2D eigenvalue weighted by Crippen LogP contribution is -2.13. The molecule has 4 N–H and O–H groups in total. The fourth-order valence-electron chi connectivity index (χ4n) is 2.36. The number of fused-ring (bicyclic) bond motifs is 1. The molecular weight excluding hydrogens is 373 g/mol. The summed E-state index contributed by atoms with van der Waals surface area (Å²) in [5.74, 6) is -3.15. The van der Waals surface area contributed by atoms with Gasteiger partial charge in [-0.1, -0.05) is 30.3 Å². The second-order valence-corrected chi connectivity index (χ2v) is 6.33. The summed E-state index contributed by atoms with van der Waals surface area (Å²) >= 11 is 1.49. The highest BCUT2D eigenvalue weighted by molar-refractivity contribution is 7.17. The molecule has 0 radical (unpaired) electrons. The number of carboxylic acid groups (broad SMARTS) is 2. The Morgan fingerprint density at radius 3 is 2.33 bits per heavy atom. The Balaban J connectivity index is 0.000000380. The summed E-state index contributed by atoms with van der Waals surface area (Å²) in [7, 11) is 0. The van der Waals surface area contributed by atoms with Crippen LogP contribution in [-0.4, -0.2) is 28.7 Å². The number of halogens is 1. The van der Waals surface area contributed by atoms with E-state index in [1.807, 2.05) is 35.7 Å². The molecule has 0 fully saturated rings. The van der Waals surface area contributed by atoms with Gasteiger partial charge >= 0.3 is 11.9 Å². The molecule has 0 amide bonds. The van der Waals surface area contributed by atoms with Crippen molar-refractivity contribution in [3.8, 4) is 5.75 Å². The van der Waals surface area contributed by atoms with Crippen LogP contribution in [0.15, 0.2) is 53.9 Å². The summed E-state index contributed by atoms with van der Waals surface area (Å²) in [5.41, 5.74) is 6.78. The molecule has 0 bridgehead atoms. The summed E-state index contributed by atoms with van der Waals surface area (Å²) in [5, 5.41) is 17.3. The van der Waals surface area contributed by atoms with Crippen molar-refractivity contribution >= 4 is 33.4 Å². The van der Waals surface area contributed by atoms with Gasteiger partial charge in [-0.2, -0.15) is 0 Å². The van der Waals surface area contributed by atoms with Crippen LogP contribution in [0.5, 0.6) is 5.75 Å². The van der Waals surface area contributed by atoms with Crippen molar-refractivity contribution in [3.05, 3.63) is 65.3 Å². The summed E-state index contributed by atoms with van der Waals surface area (Å²) in [6, 6.07) is 14.9. The quantitative estimate of drug-likeness (QED) is 0.573. The second kappa shape index (κ2) is 9.65. The van der Waals surface area contributed by atoms with E-state index in [-0.39, 0.29) is 11.9 Å². The average Bonchev–Trinajstić information content (AvgIpc) is 3.15. The minimum absolute atomic E-state index is 0.119. The second-order valence-electron chi connectivity index (χ2n) is 5.41. The Hall–Kier alpha value is -2.97. The molecule has 0 aliphatic rings. The number of thiophene rings is 1. The van der Waals surface area contributed by atoms with E-state index in [0.29, 0.717) is 24.1 Å². The minimum Gasteiger partial charge on any atom is -0.484 e. The molecule has 6 nitrogen and oxygen atoms in total. The van der Waals surface area contributed by atoms with Crippen LogP contribution in [0.25, 0.3) is 10.1 Å². The molecule has 0 saturated heterocycles. The van der Waals surface area contributed by atoms with E-state index in [0.717, 1.165) is 10.3 Å². The van der Waals surface area contributed by atoms with Gasteiger partial charge in [0.25, 0.3) is 0 Å². The molecule has 3 rings (SSSR count). The number of nitrogens with two attached hydrogens (primary N) is 1. The molecule has 1 aromatic heterocycles. The Bertz CT molecular complexity index is 901. The first kappa shape index (κ1) is 20.3. The van der Waals surface area contributed by atoms with E-state index < -0.39 is 11.9 Å². The van der Waals surface area contributed by atoms with Gasteiger partial charge in [0.1, 0.15) is 17.7 Å². The molecule has 8 heteroatoms. The first-order valence-corrected chi connectivity index (χ1v) is 8.85. The van der Waals surface area contributed by atoms with Gasteiger partial charge < -0.3 is 20.7 Å². The Morgan fingerprint density at radius 1 is 1.07 bits per heavy atom. The van der Waals surface area contributed by atoms with E-state index in [4.69, 9.17) is 30.3 Å². The van der Waals surface area contributed by atoms with Gasteiger partial charge in [-0.05, 0) is 35.7 Å². The molecule has 3 aromatic rings. The Morgan fingerprint density at radius 2 is 1.74 bits per heavy atom. The lowest BCUT2D eigenvalue weighted by Gasteiger charge is -2.19. The van der Waals surface area contributed by atoms with Crippen LogP contribution in [0.2, 0.25) is 0 Å². The summed E-state index contributed by atoms with van der Waals surface area (Å²) < 4.78 is 20.7. The van der Waals surface area contributed by atoms with Crippen LogP contribution in [0.3, 0.4) is 0 Å². The van der Waals surface area contributed by atoms with E-state index in [2.05, 4.69) is 0 Å². The number of hydrogen-bond donors (Lipinski definition) is 3. The molecule has 0 unspecified atom stereocenters. The van der Waals surface area contributed by atoms with Gasteiger partial charge in [0, 0.05) is 11.8 Å². The maximum absolute atomic E-state index is 13.7. The number of benzene rings is 2. The zero-order chi connectivity index (χ0) is 19.8. The van der Waals surface area contributed by atoms with Crippen molar-refractivity contribution in [1.29, 1.82) is 0 Å². The van der Waals surface area contributed by atoms with Crippen LogP contribution in [-0.2, 0) is 9.59 Å². The maximum atomic E-state index is 13.7. The van der Waals surface area contributed by atoms with Crippen LogP contribution in [0.1, 0.15) is 18.1 Å². The topological polar surface area (TPSA) is 110 Å². The van der Waals surface area contributed by atoms with Crippen molar-refractivity contribution in [2.24, 2.45) is 5.73 Å². The Labute approximate surface area is 158 Å². The van der Waals surface area contributed by atoms with Gasteiger partial charge in [0.05, 0.1) is 4.70 Å². The van der Waals surface area contributed by atoms with Crippen LogP contribution >= 0.6 is 11.3 Å². The number of rotatable bonds is 5. The standard InChI is InChI=1S/C17H16FNOS.C2H2O4/c18-14-6-7-16(17-13(14)9-11-21-17)20-15(8-10-19)12-4-2-1-3-5-12;3-1(4)2(5)6/h1-7,9,11,15H,8,10,19H2;(H,3,4)(H,5,6)/t15-;/m1./s1. The molecule has 0 aliphatic heterocycles. The fourth-order valence-corrected chi connectivity index (χ4v) is 3.23. The lowest BCUT2D eigenvalue weighted by atomic mass is 10.1. The average molecular weight is 391 g/mol. The van der Waals surface area contributed by atoms with E-state index in [9.17, 15) is 4.39 Å². The molecule has 142 valence electrons. The summed E-state index contributed by atoms with van der Waals surface area (Å²) in [6.07, 6.45) is 0.598. The first-order valence-electron chi connectivity index (χ1n) is 7.97. The zero-order valence-electron chi connectivity index (χ0n) is 14.2. The Kier molecular flexibility index (Phi) is 7.27. The third-order valence-corrected chi connectivity index (χ3v) is 4.51. The molecular formula is C19H18FNO5S. The number of aliphatic carboxylic acids is 2. The maximum Gasteiger partial charge on any atom is 0.414 e. The van der Waals surface area contributed by atoms with Crippen molar-refractivity contribution < 1.29 is 28.9 Å². The minimum atomic E-state index is -1.82. The molecule has 1 atom stereocenters. The van der Waals surface area contributed by atoms with Gasteiger partial charge in [-0.3, -0.25) is 0 Å². The molecule has 0 aliphatic carbocycles. The zero-order valence-corrected chi connectivity index (χ0v) is 15.0. The first-order chi connectivity index (χ1) is 12.9. The van der Waals surface area contributed by atoms with E-state index in [1.54, 1.807) is 12.1 Å². The molecule has 2 aromatic carbocycles. The molecule has 0 spiro atoms. The van der Waals surface area contributed by atoms with Gasteiger partial charge in [0.15, 0.2) is 0 Å². The predicted molar refractivity (Wildman–Crippen MR) is 101 cm³/mol. The van der Waals surface area contributed by atoms with E-state index in [1.165, 1.54) is 17.4 Å². The lowest BCUT2D eigenvalue weighted by molar-refractivity contribution is -0.159. The van der Waals surface area contributed by atoms with Crippen molar-refractivity contribution in [2.45, 2.75) is 12.5 Å². The summed E-state index contributed by atoms with van der Waals surface area (Å²) in [4.78, 5) is 18.2. The molecule has 27 heavy (non-hydrogen) atoms. The normalized spacial score (nSPS) is 11.3. The highest BCUT2D eigenvalue weighted by Gasteiger charge is 2.15. The van der Waals surface area contributed by atoms with Crippen LogP contribution in [0.4, 0.5) is 4.39 Å². The van der Waals surface area contributed by atoms with Crippen LogP contribution in [0, 0.1) is 5.82 Å². The van der Waals surface area contributed by atoms with Crippen molar-refractivity contribution in [3.63, 3.8) is 0 Å². The number of hydrogen-bond acceptors (Lipinski definition) is 5. The van der Waals surface area contributed by atoms with Gasteiger partial charge in [-0.25, -0.2) is 14.0 Å². The summed E-state index contributed by atoms with van der Waals surface area (Å²) in [6.45, 7) is 0.536. The number of carboxylic acids is 2. The number of carbonyl (C=O) groups is 2. The molecule has 0 saturated carbocycles.